The number of carbonyl (C=O) groups excluding carboxylic acids is 1. The second-order valence-corrected chi connectivity index (χ2v) is 5.50. The van der Waals surface area contributed by atoms with Crippen LogP contribution in [-0.4, -0.2) is 11.0 Å². The molecule has 0 atom stereocenters. The Labute approximate surface area is 124 Å². The molecule has 0 unspecified atom stereocenters. The van der Waals surface area contributed by atoms with Crippen molar-refractivity contribution >= 4 is 11.6 Å². The molecule has 0 heterocycles. The Kier molecular flexibility index (Phi) is 4.02. The molecule has 2 N–H and O–H groups in total. The first-order valence-corrected chi connectivity index (χ1v) is 7.39. The minimum Gasteiger partial charge on any atom is -0.392 e. The van der Waals surface area contributed by atoms with Crippen LogP contribution in [0.3, 0.4) is 0 Å². The molecular formula is C18H19NO2. The quantitative estimate of drug-likeness (QED) is 0.906. The van der Waals surface area contributed by atoms with Crippen molar-refractivity contribution in [1.29, 1.82) is 0 Å². The van der Waals surface area contributed by atoms with Gasteiger partial charge in [0.1, 0.15) is 0 Å². The van der Waals surface area contributed by atoms with Crippen LogP contribution in [-0.2, 0) is 19.4 Å². The van der Waals surface area contributed by atoms with Gasteiger partial charge in [-0.25, -0.2) is 0 Å². The number of hydrogen-bond donors (Lipinski definition) is 2. The molecule has 0 bridgehead atoms. The number of aliphatic hydroxyl groups is 1. The normalized spacial score (nSPS) is 13.6. The van der Waals surface area contributed by atoms with Crippen molar-refractivity contribution in [2.75, 3.05) is 5.32 Å². The number of rotatable bonds is 3. The molecule has 0 aliphatic heterocycles. The molecule has 3 nitrogen and oxygen atoms in total. The first-order valence-electron chi connectivity index (χ1n) is 7.39. The van der Waals surface area contributed by atoms with E-state index in [1.54, 1.807) is 0 Å². The monoisotopic (exact) mass is 281 g/mol. The summed E-state index contributed by atoms with van der Waals surface area (Å²) >= 11 is 0. The Hall–Kier alpha value is -2.13. The molecule has 3 heteroatoms. The number of aliphatic hydroxyl groups excluding tert-OH is 1. The third-order valence-electron chi connectivity index (χ3n) is 4.01. The van der Waals surface area contributed by atoms with Crippen molar-refractivity contribution < 1.29 is 9.90 Å². The number of hydrogen-bond acceptors (Lipinski definition) is 2. The van der Waals surface area contributed by atoms with Gasteiger partial charge in [-0.05, 0) is 66.6 Å². The van der Waals surface area contributed by atoms with Gasteiger partial charge in [0.25, 0.3) is 5.91 Å². The standard InChI is InChI=1S/C18H19NO2/c20-12-13-5-9-17(10-6-13)19-18(21)16-8-7-14-3-1-2-4-15(14)11-16/h5-11,20H,1-4,12H2,(H,19,21). The fourth-order valence-corrected chi connectivity index (χ4v) is 2.77. The summed E-state index contributed by atoms with van der Waals surface area (Å²) in [4.78, 5) is 12.3. The van der Waals surface area contributed by atoms with Crippen LogP contribution >= 0.6 is 0 Å². The Bertz CT molecular complexity index is 647. The van der Waals surface area contributed by atoms with Crippen LogP contribution in [0, 0.1) is 0 Å². The molecule has 0 spiro atoms. The minimum absolute atomic E-state index is 0.0129. The molecule has 21 heavy (non-hydrogen) atoms. The van der Waals surface area contributed by atoms with Crippen molar-refractivity contribution in [3.05, 3.63) is 64.7 Å². The topological polar surface area (TPSA) is 49.3 Å². The highest BCUT2D eigenvalue weighted by Crippen LogP contribution is 2.22. The van der Waals surface area contributed by atoms with Crippen molar-refractivity contribution in [3.63, 3.8) is 0 Å². The first-order chi connectivity index (χ1) is 10.3. The molecule has 3 rings (SSSR count). The molecule has 0 aromatic heterocycles. The van der Waals surface area contributed by atoms with Gasteiger partial charge in [-0.3, -0.25) is 4.79 Å². The van der Waals surface area contributed by atoms with Crippen molar-refractivity contribution in [1.82, 2.24) is 0 Å². The number of aryl methyl sites for hydroxylation is 2. The van der Waals surface area contributed by atoms with Crippen LogP contribution in [0.1, 0.15) is 39.9 Å². The van der Waals surface area contributed by atoms with Gasteiger partial charge in [0.05, 0.1) is 6.61 Å². The summed E-state index contributed by atoms with van der Waals surface area (Å²) in [6, 6.07) is 13.2. The van der Waals surface area contributed by atoms with E-state index >= 15 is 0 Å². The number of nitrogens with one attached hydrogen (secondary N) is 1. The molecule has 1 amide bonds. The summed E-state index contributed by atoms with van der Waals surface area (Å²) in [5.74, 6) is -0.0832. The van der Waals surface area contributed by atoms with E-state index in [2.05, 4.69) is 11.4 Å². The molecule has 2 aromatic carbocycles. The molecular weight excluding hydrogens is 262 g/mol. The second kappa shape index (κ2) is 6.10. The lowest BCUT2D eigenvalue weighted by Crippen LogP contribution is -2.13. The van der Waals surface area contributed by atoms with E-state index in [0.29, 0.717) is 5.56 Å². The molecule has 0 saturated carbocycles. The van der Waals surface area contributed by atoms with Crippen LogP contribution in [0.4, 0.5) is 5.69 Å². The lowest BCUT2D eigenvalue weighted by atomic mass is 9.90. The Morgan fingerprint density at radius 3 is 2.43 bits per heavy atom. The van der Waals surface area contributed by atoms with E-state index in [4.69, 9.17) is 5.11 Å². The zero-order valence-corrected chi connectivity index (χ0v) is 11.9. The van der Waals surface area contributed by atoms with Crippen molar-refractivity contribution in [3.8, 4) is 0 Å². The molecule has 0 radical (unpaired) electrons. The molecule has 0 fully saturated rings. The van der Waals surface area contributed by atoms with Crippen LogP contribution in [0.25, 0.3) is 0 Å². The van der Waals surface area contributed by atoms with Gasteiger partial charge in [0, 0.05) is 11.3 Å². The predicted molar refractivity (Wildman–Crippen MR) is 83.4 cm³/mol. The van der Waals surface area contributed by atoms with Crippen molar-refractivity contribution in [2.24, 2.45) is 0 Å². The van der Waals surface area contributed by atoms with E-state index in [-0.39, 0.29) is 12.5 Å². The molecule has 1 aliphatic rings. The molecule has 2 aromatic rings. The first kappa shape index (κ1) is 13.8. The SMILES string of the molecule is O=C(Nc1ccc(CO)cc1)c1ccc2c(c1)CCCC2. The number of amides is 1. The number of carbonyl (C=O) groups is 1. The summed E-state index contributed by atoms with van der Waals surface area (Å²) < 4.78 is 0. The van der Waals surface area contributed by atoms with Crippen LogP contribution in [0.15, 0.2) is 42.5 Å². The van der Waals surface area contributed by atoms with Gasteiger partial charge in [-0.1, -0.05) is 18.2 Å². The second-order valence-electron chi connectivity index (χ2n) is 5.50. The summed E-state index contributed by atoms with van der Waals surface area (Å²) in [5.41, 5.74) is 4.98. The average molecular weight is 281 g/mol. The zero-order valence-electron chi connectivity index (χ0n) is 11.9. The Morgan fingerprint density at radius 2 is 1.71 bits per heavy atom. The van der Waals surface area contributed by atoms with Crippen LogP contribution < -0.4 is 5.32 Å². The average Bonchev–Trinajstić information content (AvgIpc) is 2.55. The third-order valence-corrected chi connectivity index (χ3v) is 4.01. The largest absolute Gasteiger partial charge is 0.392 e. The van der Waals surface area contributed by atoms with Crippen LogP contribution in [0.2, 0.25) is 0 Å². The Morgan fingerprint density at radius 1 is 1.00 bits per heavy atom. The maximum atomic E-state index is 12.3. The van der Waals surface area contributed by atoms with Gasteiger partial charge in [-0.15, -0.1) is 0 Å². The number of benzene rings is 2. The molecule has 108 valence electrons. The minimum atomic E-state index is -0.0832. The molecule has 0 saturated heterocycles. The summed E-state index contributed by atoms with van der Waals surface area (Å²) in [5, 5.41) is 11.9. The fraction of sp³-hybridized carbons (Fsp3) is 0.278. The maximum absolute atomic E-state index is 12.3. The van der Waals surface area contributed by atoms with E-state index < -0.39 is 0 Å². The summed E-state index contributed by atoms with van der Waals surface area (Å²) in [6.45, 7) is 0.0129. The van der Waals surface area contributed by atoms with Gasteiger partial charge >= 0.3 is 0 Å². The van der Waals surface area contributed by atoms with Gasteiger partial charge in [-0.2, -0.15) is 0 Å². The number of fused-ring (bicyclic) bond motifs is 1. The van der Waals surface area contributed by atoms with Gasteiger partial charge in [0.2, 0.25) is 0 Å². The van der Waals surface area contributed by atoms with E-state index in [1.165, 1.54) is 24.0 Å². The van der Waals surface area contributed by atoms with E-state index in [1.807, 2.05) is 36.4 Å². The highest BCUT2D eigenvalue weighted by Gasteiger charge is 2.13. The van der Waals surface area contributed by atoms with Gasteiger partial charge in [0.15, 0.2) is 0 Å². The number of anilines is 1. The highest BCUT2D eigenvalue weighted by molar-refractivity contribution is 6.04. The van der Waals surface area contributed by atoms with Gasteiger partial charge < -0.3 is 10.4 Å². The maximum Gasteiger partial charge on any atom is 0.255 e. The van der Waals surface area contributed by atoms with Crippen molar-refractivity contribution in [2.45, 2.75) is 32.3 Å². The van der Waals surface area contributed by atoms with E-state index in [0.717, 1.165) is 24.1 Å². The third kappa shape index (κ3) is 3.14. The lowest BCUT2D eigenvalue weighted by Gasteiger charge is -2.16. The predicted octanol–water partition coefficient (Wildman–Crippen LogP) is 3.31. The molecule has 1 aliphatic carbocycles. The summed E-state index contributed by atoms with van der Waals surface area (Å²) in [6.07, 6.45) is 4.65. The lowest BCUT2D eigenvalue weighted by molar-refractivity contribution is 0.102. The Balaban J connectivity index is 1.75. The fourth-order valence-electron chi connectivity index (χ4n) is 2.77. The highest BCUT2D eigenvalue weighted by atomic mass is 16.3. The van der Waals surface area contributed by atoms with E-state index in [9.17, 15) is 4.79 Å². The van der Waals surface area contributed by atoms with Crippen LogP contribution in [0.5, 0.6) is 0 Å². The zero-order chi connectivity index (χ0) is 14.7. The summed E-state index contributed by atoms with van der Waals surface area (Å²) in [7, 11) is 0. The smallest absolute Gasteiger partial charge is 0.255 e.